The van der Waals surface area contributed by atoms with E-state index >= 15 is 0 Å². The Morgan fingerprint density at radius 3 is 2.46 bits per heavy atom. The summed E-state index contributed by atoms with van der Waals surface area (Å²) < 4.78 is 0. The summed E-state index contributed by atoms with van der Waals surface area (Å²) >= 11 is 0. The quantitative estimate of drug-likeness (QED) is 0.652. The molecule has 5 unspecified atom stereocenters. The lowest BCUT2D eigenvalue weighted by molar-refractivity contribution is 0.0945. The van der Waals surface area contributed by atoms with Crippen molar-refractivity contribution in [1.29, 1.82) is 0 Å². The lowest BCUT2D eigenvalue weighted by Gasteiger charge is -2.44. The first-order valence-electron chi connectivity index (χ1n) is 6.04. The van der Waals surface area contributed by atoms with Gasteiger partial charge < -0.3 is 5.32 Å². The van der Waals surface area contributed by atoms with Gasteiger partial charge in [-0.05, 0) is 62.8 Å². The van der Waals surface area contributed by atoms with Crippen molar-refractivity contribution in [3.8, 4) is 0 Å². The molecule has 4 fully saturated rings. The number of nitrogens with one attached hydrogen (secondary N) is 1. The molecule has 0 aliphatic heterocycles. The molecule has 74 valence electrons. The van der Waals surface area contributed by atoms with Crippen LogP contribution in [0.3, 0.4) is 0 Å². The molecule has 4 saturated carbocycles. The largest absolute Gasteiger partial charge is 0.316 e. The molecule has 1 N–H and O–H groups in total. The molecule has 0 aromatic carbocycles. The summed E-state index contributed by atoms with van der Waals surface area (Å²) in [6.45, 7) is 0. The van der Waals surface area contributed by atoms with Crippen LogP contribution in [0.25, 0.3) is 0 Å². The van der Waals surface area contributed by atoms with Crippen molar-refractivity contribution in [1.82, 2.24) is 5.32 Å². The Labute approximate surface area is 81.3 Å². The lowest BCUT2D eigenvalue weighted by atomic mass is 9.65. The van der Waals surface area contributed by atoms with Gasteiger partial charge in [0.25, 0.3) is 0 Å². The van der Waals surface area contributed by atoms with Crippen LogP contribution < -0.4 is 5.32 Å². The molecular formula is C12H21N. The zero-order valence-corrected chi connectivity index (χ0v) is 8.63. The van der Waals surface area contributed by atoms with Gasteiger partial charge in [-0.2, -0.15) is 0 Å². The van der Waals surface area contributed by atoms with Gasteiger partial charge in [0.2, 0.25) is 0 Å². The van der Waals surface area contributed by atoms with Crippen LogP contribution in [-0.4, -0.2) is 13.1 Å². The van der Waals surface area contributed by atoms with E-state index in [0.29, 0.717) is 0 Å². The number of rotatable bonds is 1. The second-order valence-electron chi connectivity index (χ2n) is 5.59. The molecule has 0 heterocycles. The summed E-state index contributed by atoms with van der Waals surface area (Å²) in [5, 5.41) is 3.59. The van der Waals surface area contributed by atoms with Gasteiger partial charge in [-0.25, -0.2) is 0 Å². The molecule has 5 atom stereocenters. The maximum atomic E-state index is 3.59. The third-order valence-electron chi connectivity index (χ3n) is 4.87. The van der Waals surface area contributed by atoms with Crippen molar-refractivity contribution < 1.29 is 0 Å². The van der Waals surface area contributed by atoms with Crippen LogP contribution >= 0.6 is 0 Å². The fourth-order valence-corrected chi connectivity index (χ4v) is 4.52. The second kappa shape index (κ2) is 2.98. The Bertz CT molecular complexity index is 193. The first-order valence-corrected chi connectivity index (χ1v) is 6.04. The van der Waals surface area contributed by atoms with E-state index in [1.165, 1.54) is 12.8 Å². The smallest absolute Gasteiger partial charge is 0.0121 e. The van der Waals surface area contributed by atoms with Crippen molar-refractivity contribution in [3.63, 3.8) is 0 Å². The van der Waals surface area contributed by atoms with E-state index in [1.807, 2.05) is 0 Å². The minimum atomic E-state index is 0.876. The van der Waals surface area contributed by atoms with Gasteiger partial charge in [-0.1, -0.05) is 6.42 Å². The average Bonchev–Trinajstić information content (AvgIpc) is 2.33. The van der Waals surface area contributed by atoms with Crippen LogP contribution in [0.15, 0.2) is 0 Å². The van der Waals surface area contributed by atoms with Crippen molar-refractivity contribution in [2.24, 2.45) is 23.7 Å². The van der Waals surface area contributed by atoms with Gasteiger partial charge in [0.15, 0.2) is 0 Å². The summed E-state index contributed by atoms with van der Waals surface area (Å²) in [4.78, 5) is 0. The summed E-state index contributed by atoms with van der Waals surface area (Å²) in [5.74, 6) is 4.28. The van der Waals surface area contributed by atoms with Crippen molar-refractivity contribution in [2.45, 2.75) is 44.6 Å². The summed E-state index contributed by atoms with van der Waals surface area (Å²) in [5.41, 5.74) is 0. The third kappa shape index (κ3) is 1.24. The van der Waals surface area contributed by atoms with E-state index in [2.05, 4.69) is 12.4 Å². The molecule has 4 rings (SSSR count). The minimum Gasteiger partial charge on any atom is -0.316 e. The lowest BCUT2D eigenvalue weighted by Crippen LogP contribution is -2.46. The highest BCUT2D eigenvalue weighted by Gasteiger charge is 2.44. The zero-order valence-electron chi connectivity index (χ0n) is 8.63. The molecule has 0 saturated heterocycles. The SMILES string of the molecule is CNC1C2CCC3CC(C2)CC1C3. The number of hydrogen-bond donors (Lipinski definition) is 1. The Morgan fingerprint density at radius 2 is 1.62 bits per heavy atom. The monoisotopic (exact) mass is 179 g/mol. The van der Waals surface area contributed by atoms with Gasteiger partial charge in [-0.3, -0.25) is 0 Å². The van der Waals surface area contributed by atoms with Crippen LogP contribution in [0.1, 0.15) is 38.5 Å². The molecule has 0 radical (unpaired) electrons. The average molecular weight is 179 g/mol. The van der Waals surface area contributed by atoms with E-state index in [9.17, 15) is 0 Å². The Hall–Kier alpha value is -0.0400. The van der Waals surface area contributed by atoms with Crippen LogP contribution in [-0.2, 0) is 0 Å². The van der Waals surface area contributed by atoms with Gasteiger partial charge in [0, 0.05) is 6.04 Å². The molecule has 4 aliphatic carbocycles. The highest BCUT2D eigenvalue weighted by atomic mass is 14.9. The predicted octanol–water partition coefficient (Wildman–Crippen LogP) is 2.42. The molecule has 0 aromatic heterocycles. The predicted molar refractivity (Wildman–Crippen MR) is 54.5 cm³/mol. The van der Waals surface area contributed by atoms with Crippen LogP contribution in [0.5, 0.6) is 0 Å². The number of hydrogen-bond acceptors (Lipinski definition) is 1. The maximum absolute atomic E-state index is 3.59. The van der Waals surface area contributed by atoms with Crippen molar-refractivity contribution in [3.05, 3.63) is 0 Å². The van der Waals surface area contributed by atoms with E-state index < -0.39 is 0 Å². The molecule has 1 nitrogen and oxygen atoms in total. The molecule has 4 aliphatic rings. The first kappa shape index (κ1) is 8.28. The Morgan fingerprint density at radius 1 is 0.846 bits per heavy atom. The van der Waals surface area contributed by atoms with Gasteiger partial charge in [-0.15, -0.1) is 0 Å². The molecule has 0 amide bonds. The topological polar surface area (TPSA) is 12.0 Å². The number of fused-ring (bicyclic) bond motifs is 1. The second-order valence-corrected chi connectivity index (χ2v) is 5.59. The van der Waals surface area contributed by atoms with Gasteiger partial charge in [0.05, 0.1) is 0 Å². The summed E-state index contributed by atoms with van der Waals surface area (Å²) in [7, 11) is 2.17. The fourth-order valence-electron chi connectivity index (χ4n) is 4.52. The molecule has 13 heavy (non-hydrogen) atoms. The standard InChI is InChI=1S/C12H21N/c1-13-12-10-3-2-8-4-9(6-10)7-11(12)5-8/h8-13H,2-7H2,1H3. The summed E-state index contributed by atoms with van der Waals surface area (Å²) in [6, 6.07) is 0.876. The van der Waals surface area contributed by atoms with Crippen molar-refractivity contribution in [2.75, 3.05) is 7.05 Å². The van der Waals surface area contributed by atoms with E-state index in [1.54, 1.807) is 25.7 Å². The normalized spacial score (nSPS) is 53.8. The zero-order chi connectivity index (χ0) is 8.84. The van der Waals surface area contributed by atoms with E-state index in [4.69, 9.17) is 0 Å². The Balaban J connectivity index is 1.88. The minimum absolute atomic E-state index is 0.876. The maximum Gasteiger partial charge on any atom is 0.0121 e. The van der Waals surface area contributed by atoms with Gasteiger partial charge >= 0.3 is 0 Å². The molecule has 1 heteroatoms. The highest BCUT2D eigenvalue weighted by molar-refractivity contribution is 4.98. The third-order valence-corrected chi connectivity index (χ3v) is 4.87. The molecule has 4 bridgehead atoms. The van der Waals surface area contributed by atoms with Crippen LogP contribution in [0.2, 0.25) is 0 Å². The first-order chi connectivity index (χ1) is 6.36. The molecule has 0 spiro atoms. The van der Waals surface area contributed by atoms with E-state index in [0.717, 1.165) is 29.7 Å². The highest BCUT2D eigenvalue weighted by Crippen LogP contribution is 2.51. The Kier molecular flexibility index (Phi) is 1.90. The van der Waals surface area contributed by atoms with Gasteiger partial charge in [0.1, 0.15) is 0 Å². The van der Waals surface area contributed by atoms with Crippen molar-refractivity contribution >= 4 is 0 Å². The van der Waals surface area contributed by atoms with E-state index in [-0.39, 0.29) is 0 Å². The molecular weight excluding hydrogens is 158 g/mol. The van der Waals surface area contributed by atoms with Crippen LogP contribution in [0, 0.1) is 23.7 Å². The molecule has 0 aromatic rings. The van der Waals surface area contributed by atoms with Crippen LogP contribution in [0.4, 0.5) is 0 Å². The fraction of sp³-hybridized carbons (Fsp3) is 1.00. The summed E-state index contributed by atoms with van der Waals surface area (Å²) in [6.07, 6.45) is 9.25.